The standard InChI is InChI=1S/C14H20N2O2/c1-9(2)11(7-15)14(17)16-12-8-18-13-6-4-3-5-10(12)13/h3-6,9,11-12H,7-8,15H2,1-2H3,(H,16,17). The van der Waals surface area contributed by atoms with Crippen molar-refractivity contribution in [2.45, 2.75) is 19.9 Å². The maximum Gasteiger partial charge on any atom is 0.225 e. The van der Waals surface area contributed by atoms with Crippen LogP contribution in [-0.2, 0) is 4.79 Å². The number of ether oxygens (including phenoxy) is 1. The molecule has 0 aromatic heterocycles. The maximum atomic E-state index is 12.1. The van der Waals surface area contributed by atoms with Crippen molar-refractivity contribution < 1.29 is 9.53 Å². The average Bonchev–Trinajstić information content (AvgIpc) is 2.73. The van der Waals surface area contributed by atoms with Crippen LogP contribution >= 0.6 is 0 Å². The van der Waals surface area contributed by atoms with Crippen LogP contribution in [0.5, 0.6) is 5.75 Å². The number of nitrogens with one attached hydrogen (secondary N) is 1. The Balaban J connectivity index is 2.05. The number of hydrogen-bond acceptors (Lipinski definition) is 3. The predicted octanol–water partition coefficient (Wildman–Crippen LogP) is 1.47. The molecule has 1 amide bonds. The minimum atomic E-state index is -0.141. The van der Waals surface area contributed by atoms with Crippen LogP contribution in [0.4, 0.5) is 0 Å². The third-order valence-corrected chi connectivity index (χ3v) is 3.41. The van der Waals surface area contributed by atoms with E-state index in [0.717, 1.165) is 11.3 Å². The van der Waals surface area contributed by atoms with Crippen molar-refractivity contribution in [3.8, 4) is 5.75 Å². The van der Waals surface area contributed by atoms with E-state index in [-0.39, 0.29) is 23.8 Å². The maximum absolute atomic E-state index is 12.1. The van der Waals surface area contributed by atoms with Crippen LogP contribution < -0.4 is 15.8 Å². The number of carbonyl (C=O) groups excluding carboxylic acids is 1. The molecule has 0 aliphatic carbocycles. The Kier molecular flexibility index (Phi) is 3.87. The summed E-state index contributed by atoms with van der Waals surface area (Å²) in [6, 6.07) is 7.74. The molecule has 0 spiro atoms. The van der Waals surface area contributed by atoms with Crippen LogP contribution in [0.2, 0.25) is 0 Å². The van der Waals surface area contributed by atoms with Gasteiger partial charge in [-0.25, -0.2) is 0 Å². The normalized spacial score (nSPS) is 19.2. The third kappa shape index (κ3) is 2.48. The molecule has 98 valence electrons. The van der Waals surface area contributed by atoms with Gasteiger partial charge in [0.25, 0.3) is 0 Å². The first-order chi connectivity index (χ1) is 8.63. The monoisotopic (exact) mass is 248 g/mol. The summed E-state index contributed by atoms with van der Waals surface area (Å²) in [7, 11) is 0. The molecular formula is C14H20N2O2. The van der Waals surface area contributed by atoms with Gasteiger partial charge in [-0.3, -0.25) is 4.79 Å². The molecule has 1 aliphatic heterocycles. The lowest BCUT2D eigenvalue weighted by Gasteiger charge is -2.20. The van der Waals surface area contributed by atoms with Gasteiger partial charge < -0.3 is 15.8 Å². The van der Waals surface area contributed by atoms with Crippen molar-refractivity contribution in [3.05, 3.63) is 29.8 Å². The minimum Gasteiger partial charge on any atom is -0.491 e. The van der Waals surface area contributed by atoms with Gasteiger partial charge in [0.2, 0.25) is 5.91 Å². The number of para-hydroxylation sites is 1. The zero-order chi connectivity index (χ0) is 13.1. The molecule has 4 nitrogen and oxygen atoms in total. The Bertz CT molecular complexity index is 432. The number of amides is 1. The fourth-order valence-corrected chi connectivity index (χ4v) is 2.24. The van der Waals surface area contributed by atoms with E-state index in [1.807, 2.05) is 38.1 Å². The zero-order valence-corrected chi connectivity index (χ0v) is 10.8. The van der Waals surface area contributed by atoms with Gasteiger partial charge in [-0.2, -0.15) is 0 Å². The molecule has 1 aliphatic rings. The second kappa shape index (κ2) is 5.40. The van der Waals surface area contributed by atoms with E-state index < -0.39 is 0 Å². The summed E-state index contributed by atoms with van der Waals surface area (Å²) in [6.07, 6.45) is 0. The first kappa shape index (κ1) is 12.9. The number of nitrogens with two attached hydrogens (primary N) is 1. The molecule has 0 bridgehead atoms. The lowest BCUT2D eigenvalue weighted by Crippen LogP contribution is -2.40. The van der Waals surface area contributed by atoms with Gasteiger partial charge in [-0.1, -0.05) is 32.0 Å². The predicted molar refractivity (Wildman–Crippen MR) is 70.2 cm³/mol. The van der Waals surface area contributed by atoms with Crippen LogP contribution in [0.25, 0.3) is 0 Å². The molecule has 1 aromatic rings. The van der Waals surface area contributed by atoms with Crippen LogP contribution in [-0.4, -0.2) is 19.1 Å². The Labute approximate surface area is 108 Å². The fraction of sp³-hybridized carbons (Fsp3) is 0.500. The Morgan fingerprint density at radius 1 is 1.50 bits per heavy atom. The number of hydrogen-bond donors (Lipinski definition) is 2. The summed E-state index contributed by atoms with van der Waals surface area (Å²) in [5.74, 6) is 0.972. The van der Waals surface area contributed by atoms with Crippen LogP contribution in [0, 0.1) is 11.8 Å². The van der Waals surface area contributed by atoms with Gasteiger partial charge in [0, 0.05) is 12.1 Å². The van der Waals surface area contributed by atoms with Crippen molar-refractivity contribution >= 4 is 5.91 Å². The van der Waals surface area contributed by atoms with Crippen molar-refractivity contribution in [2.24, 2.45) is 17.6 Å². The van der Waals surface area contributed by atoms with E-state index >= 15 is 0 Å². The average molecular weight is 248 g/mol. The molecule has 2 rings (SSSR count). The highest BCUT2D eigenvalue weighted by Crippen LogP contribution is 2.31. The van der Waals surface area contributed by atoms with E-state index in [9.17, 15) is 4.79 Å². The lowest BCUT2D eigenvalue weighted by molar-refractivity contribution is -0.126. The molecule has 0 saturated carbocycles. The van der Waals surface area contributed by atoms with Crippen molar-refractivity contribution in [1.82, 2.24) is 5.32 Å². The largest absolute Gasteiger partial charge is 0.491 e. The highest BCUT2D eigenvalue weighted by molar-refractivity contribution is 5.79. The molecule has 1 aromatic carbocycles. The van der Waals surface area contributed by atoms with Crippen LogP contribution in [0.15, 0.2) is 24.3 Å². The molecular weight excluding hydrogens is 228 g/mol. The molecule has 3 N–H and O–H groups in total. The smallest absolute Gasteiger partial charge is 0.225 e. The van der Waals surface area contributed by atoms with E-state index in [2.05, 4.69) is 5.32 Å². The summed E-state index contributed by atoms with van der Waals surface area (Å²) in [6.45, 7) is 4.89. The molecule has 2 atom stereocenters. The summed E-state index contributed by atoms with van der Waals surface area (Å²) in [4.78, 5) is 12.1. The van der Waals surface area contributed by atoms with Crippen molar-refractivity contribution in [3.63, 3.8) is 0 Å². The van der Waals surface area contributed by atoms with Gasteiger partial charge in [-0.05, 0) is 12.0 Å². The number of benzene rings is 1. The first-order valence-corrected chi connectivity index (χ1v) is 6.35. The summed E-state index contributed by atoms with van der Waals surface area (Å²) < 4.78 is 5.54. The second-order valence-corrected chi connectivity index (χ2v) is 5.00. The van der Waals surface area contributed by atoms with Gasteiger partial charge in [0.15, 0.2) is 0 Å². The van der Waals surface area contributed by atoms with Gasteiger partial charge in [0.1, 0.15) is 12.4 Å². The van der Waals surface area contributed by atoms with E-state index in [1.54, 1.807) is 0 Å². The summed E-state index contributed by atoms with van der Waals surface area (Å²) in [5.41, 5.74) is 6.70. The third-order valence-electron chi connectivity index (χ3n) is 3.41. The van der Waals surface area contributed by atoms with E-state index in [1.165, 1.54) is 0 Å². The Morgan fingerprint density at radius 2 is 2.22 bits per heavy atom. The molecule has 1 heterocycles. The van der Waals surface area contributed by atoms with Crippen molar-refractivity contribution in [1.29, 1.82) is 0 Å². The number of carbonyl (C=O) groups is 1. The molecule has 0 saturated heterocycles. The van der Waals surface area contributed by atoms with E-state index in [4.69, 9.17) is 10.5 Å². The Morgan fingerprint density at radius 3 is 2.89 bits per heavy atom. The second-order valence-electron chi connectivity index (χ2n) is 5.00. The highest BCUT2D eigenvalue weighted by atomic mass is 16.5. The highest BCUT2D eigenvalue weighted by Gasteiger charge is 2.28. The number of fused-ring (bicyclic) bond motifs is 1. The summed E-state index contributed by atoms with van der Waals surface area (Å²) >= 11 is 0. The lowest BCUT2D eigenvalue weighted by atomic mass is 9.94. The van der Waals surface area contributed by atoms with Crippen molar-refractivity contribution in [2.75, 3.05) is 13.2 Å². The molecule has 0 fully saturated rings. The molecule has 4 heteroatoms. The quantitative estimate of drug-likeness (QED) is 0.848. The minimum absolute atomic E-state index is 0.0119. The van der Waals surface area contributed by atoms with Gasteiger partial charge in [-0.15, -0.1) is 0 Å². The van der Waals surface area contributed by atoms with Gasteiger partial charge >= 0.3 is 0 Å². The molecule has 18 heavy (non-hydrogen) atoms. The molecule has 2 unspecified atom stereocenters. The van der Waals surface area contributed by atoms with Gasteiger partial charge in [0.05, 0.1) is 12.0 Å². The Hall–Kier alpha value is -1.55. The zero-order valence-electron chi connectivity index (χ0n) is 10.8. The van der Waals surface area contributed by atoms with Crippen LogP contribution in [0.1, 0.15) is 25.5 Å². The first-order valence-electron chi connectivity index (χ1n) is 6.35. The van der Waals surface area contributed by atoms with Crippen LogP contribution in [0.3, 0.4) is 0 Å². The SMILES string of the molecule is CC(C)C(CN)C(=O)NC1COc2ccccc21. The van der Waals surface area contributed by atoms with E-state index in [0.29, 0.717) is 13.2 Å². The number of rotatable bonds is 4. The topological polar surface area (TPSA) is 64.4 Å². The fourth-order valence-electron chi connectivity index (χ4n) is 2.24. The molecule has 0 radical (unpaired) electrons. The summed E-state index contributed by atoms with van der Waals surface area (Å²) in [5, 5.41) is 3.02.